The lowest BCUT2D eigenvalue weighted by molar-refractivity contribution is 0.0693. The average molecular weight is 252 g/mol. The zero-order valence-electron chi connectivity index (χ0n) is 10.4. The number of fused-ring (bicyclic) bond motifs is 1. The highest BCUT2D eigenvalue weighted by Gasteiger charge is 2.17. The highest BCUT2D eigenvalue weighted by Crippen LogP contribution is 2.23. The molecule has 0 saturated heterocycles. The Hall–Kier alpha value is -2.62. The number of rotatable bonds is 2. The molecule has 1 aromatic carbocycles. The monoisotopic (exact) mass is 252 g/mol. The Bertz CT molecular complexity index is 760. The largest absolute Gasteiger partial charge is 0.476 e. The van der Waals surface area contributed by atoms with Gasteiger partial charge in [-0.3, -0.25) is 4.40 Å². The lowest BCUT2D eigenvalue weighted by Crippen LogP contribution is -1.97. The Morgan fingerprint density at radius 2 is 1.95 bits per heavy atom. The first-order valence-electron chi connectivity index (χ1n) is 5.94. The summed E-state index contributed by atoms with van der Waals surface area (Å²) in [4.78, 5) is 15.6. The van der Waals surface area contributed by atoms with Gasteiger partial charge in [0, 0.05) is 11.8 Å². The Morgan fingerprint density at radius 1 is 1.21 bits per heavy atom. The van der Waals surface area contributed by atoms with E-state index in [1.807, 2.05) is 60.0 Å². The number of imidazole rings is 1. The maximum Gasteiger partial charge on any atom is 0.356 e. The zero-order valence-corrected chi connectivity index (χ0v) is 10.4. The lowest BCUT2D eigenvalue weighted by Gasteiger charge is -2.01. The van der Waals surface area contributed by atoms with E-state index >= 15 is 0 Å². The molecule has 3 aromatic rings. The SMILES string of the molecule is Cc1ccn2c(-c3ccccc3)nc(C(=O)O)c2c1. The van der Waals surface area contributed by atoms with Gasteiger partial charge in [-0.1, -0.05) is 30.3 Å². The first kappa shape index (κ1) is 11.5. The van der Waals surface area contributed by atoms with E-state index < -0.39 is 5.97 Å². The second-order valence-corrected chi connectivity index (χ2v) is 4.41. The number of carboxylic acids is 1. The van der Waals surface area contributed by atoms with Gasteiger partial charge in [-0.15, -0.1) is 0 Å². The third kappa shape index (κ3) is 1.87. The molecule has 0 fully saturated rings. The van der Waals surface area contributed by atoms with Crippen molar-refractivity contribution in [2.45, 2.75) is 6.92 Å². The van der Waals surface area contributed by atoms with Crippen LogP contribution in [-0.2, 0) is 0 Å². The van der Waals surface area contributed by atoms with Gasteiger partial charge >= 0.3 is 5.97 Å². The van der Waals surface area contributed by atoms with E-state index in [0.717, 1.165) is 11.1 Å². The predicted octanol–water partition coefficient (Wildman–Crippen LogP) is 3.01. The molecule has 0 aliphatic carbocycles. The van der Waals surface area contributed by atoms with E-state index in [1.165, 1.54) is 0 Å². The number of carboxylic acid groups (broad SMARTS) is 1. The number of aryl methyl sites for hydroxylation is 1. The standard InChI is InChI=1S/C15H12N2O2/c1-10-7-8-17-12(9-10)13(15(18)19)16-14(17)11-5-3-2-4-6-11/h2-9H,1H3,(H,18,19). The molecule has 0 amide bonds. The van der Waals surface area contributed by atoms with Gasteiger partial charge in [0.1, 0.15) is 5.82 Å². The highest BCUT2D eigenvalue weighted by molar-refractivity contribution is 5.95. The highest BCUT2D eigenvalue weighted by atomic mass is 16.4. The number of hydrogen-bond acceptors (Lipinski definition) is 2. The van der Waals surface area contributed by atoms with Gasteiger partial charge < -0.3 is 5.11 Å². The molecule has 4 nitrogen and oxygen atoms in total. The van der Waals surface area contributed by atoms with Crippen LogP contribution in [0.25, 0.3) is 16.9 Å². The van der Waals surface area contributed by atoms with Crippen LogP contribution < -0.4 is 0 Å². The fraction of sp³-hybridized carbons (Fsp3) is 0.0667. The second-order valence-electron chi connectivity index (χ2n) is 4.41. The van der Waals surface area contributed by atoms with Crippen LogP contribution in [0.2, 0.25) is 0 Å². The van der Waals surface area contributed by atoms with E-state index in [9.17, 15) is 9.90 Å². The molecule has 0 atom stereocenters. The maximum absolute atomic E-state index is 11.3. The molecule has 0 unspecified atom stereocenters. The summed E-state index contributed by atoms with van der Waals surface area (Å²) in [5.41, 5.74) is 2.61. The Balaban J connectivity index is 2.35. The van der Waals surface area contributed by atoms with E-state index in [0.29, 0.717) is 11.3 Å². The number of aromatic nitrogens is 2. The quantitative estimate of drug-likeness (QED) is 0.762. The summed E-state index contributed by atoms with van der Waals surface area (Å²) >= 11 is 0. The normalized spacial score (nSPS) is 10.8. The fourth-order valence-electron chi connectivity index (χ4n) is 2.14. The molecular weight excluding hydrogens is 240 g/mol. The summed E-state index contributed by atoms with van der Waals surface area (Å²) in [5.74, 6) is -0.363. The third-order valence-electron chi connectivity index (χ3n) is 3.03. The van der Waals surface area contributed by atoms with E-state index in [1.54, 1.807) is 0 Å². The second kappa shape index (κ2) is 4.24. The Morgan fingerprint density at radius 3 is 2.63 bits per heavy atom. The smallest absolute Gasteiger partial charge is 0.356 e. The van der Waals surface area contributed by atoms with Crippen molar-refractivity contribution in [3.8, 4) is 11.4 Å². The molecule has 1 N–H and O–H groups in total. The van der Waals surface area contributed by atoms with Crippen LogP contribution in [0.3, 0.4) is 0 Å². The van der Waals surface area contributed by atoms with E-state index in [4.69, 9.17) is 0 Å². The number of benzene rings is 1. The first-order valence-corrected chi connectivity index (χ1v) is 5.94. The van der Waals surface area contributed by atoms with Crippen LogP contribution in [0.4, 0.5) is 0 Å². The molecule has 0 aliphatic rings. The van der Waals surface area contributed by atoms with Crippen molar-refractivity contribution < 1.29 is 9.90 Å². The molecule has 94 valence electrons. The van der Waals surface area contributed by atoms with Crippen LogP contribution in [0.1, 0.15) is 16.1 Å². The topological polar surface area (TPSA) is 54.6 Å². The molecule has 2 aromatic heterocycles. The van der Waals surface area contributed by atoms with Gasteiger partial charge in [0.05, 0.1) is 5.52 Å². The first-order chi connectivity index (χ1) is 9.16. The minimum atomic E-state index is -1.01. The summed E-state index contributed by atoms with van der Waals surface area (Å²) in [6.45, 7) is 1.93. The van der Waals surface area contributed by atoms with E-state index in [-0.39, 0.29) is 5.69 Å². The molecule has 3 rings (SSSR count). The number of aromatic carboxylic acids is 1. The summed E-state index contributed by atoms with van der Waals surface area (Å²) < 4.78 is 1.81. The molecule has 0 saturated carbocycles. The molecule has 0 bridgehead atoms. The Kier molecular flexibility index (Phi) is 2.56. The number of pyridine rings is 1. The van der Waals surface area contributed by atoms with Crippen molar-refractivity contribution in [2.24, 2.45) is 0 Å². The van der Waals surface area contributed by atoms with Crippen LogP contribution in [0, 0.1) is 6.92 Å². The molecule has 2 heterocycles. The van der Waals surface area contributed by atoms with Crippen LogP contribution in [-0.4, -0.2) is 20.5 Å². The maximum atomic E-state index is 11.3. The molecule has 0 spiro atoms. The third-order valence-corrected chi connectivity index (χ3v) is 3.03. The average Bonchev–Trinajstić information content (AvgIpc) is 2.78. The van der Waals surface area contributed by atoms with Gasteiger partial charge in [0.25, 0.3) is 0 Å². The van der Waals surface area contributed by atoms with Crippen LogP contribution >= 0.6 is 0 Å². The fourth-order valence-corrected chi connectivity index (χ4v) is 2.14. The Labute approximate surface area is 110 Å². The van der Waals surface area contributed by atoms with Gasteiger partial charge in [-0.2, -0.15) is 0 Å². The molecule has 0 aliphatic heterocycles. The van der Waals surface area contributed by atoms with Crippen LogP contribution in [0.15, 0.2) is 48.7 Å². The number of carbonyl (C=O) groups is 1. The molecular formula is C15H12N2O2. The van der Waals surface area contributed by atoms with Crippen molar-refractivity contribution in [3.63, 3.8) is 0 Å². The molecule has 0 radical (unpaired) electrons. The summed E-state index contributed by atoms with van der Waals surface area (Å²) in [6.07, 6.45) is 1.85. The summed E-state index contributed by atoms with van der Waals surface area (Å²) in [5, 5.41) is 9.26. The van der Waals surface area contributed by atoms with Gasteiger partial charge in [-0.25, -0.2) is 9.78 Å². The minimum absolute atomic E-state index is 0.0857. The van der Waals surface area contributed by atoms with Gasteiger partial charge in [0.15, 0.2) is 5.69 Å². The minimum Gasteiger partial charge on any atom is -0.476 e. The van der Waals surface area contributed by atoms with Gasteiger partial charge in [-0.05, 0) is 24.6 Å². The van der Waals surface area contributed by atoms with Gasteiger partial charge in [0.2, 0.25) is 0 Å². The summed E-state index contributed by atoms with van der Waals surface area (Å²) in [7, 11) is 0. The van der Waals surface area contributed by atoms with Crippen LogP contribution in [0.5, 0.6) is 0 Å². The van der Waals surface area contributed by atoms with Crippen molar-refractivity contribution in [3.05, 3.63) is 59.9 Å². The predicted molar refractivity (Wildman–Crippen MR) is 72.3 cm³/mol. The van der Waals surface area contributed by atoms with Crippen molar-refractivity contribution in [2.75, 3.05) is 0 Å². The number of hydrogen-bond donors (Lipinski definition) is 1. The summed E-state index contributed by atoms with van der Waals surface area (Å²) in [6, 6.07) is 13.3. The molecule has 4 heteroatoms. The number of nitrogens with zero attached hydrogens (tertiary/aromatic N) is 2. The van der Waals surface area contributed by atoms with Crippen molar-refractivity contribution in [1.82, 2.24) is 9.38 Å². The zero-order chi connectivity index (χ0) is 13.4. The van der Waals surface area contributed by atoms with Crippen molar-refractivity contribution >= 4 is 11.5 Å². The van der Waals surface area contributed by atoms with Crippen molar-refractivity contribution in [1.29, 1.82) is 0 Å². The lowest BCUT2D eigenvalue weighted by atomic mass is 10.2. The molecule has 19 heavy (non-hydrogen) atoms. The van der Waals surface area contributed by atoms with E-state index in [2.05, 4.69) is 4.98 Å².